The number of likely N-dealkylation sites (N-methyl/N-ethyl adjacent to an activating group) is 1. The fourth-order valence-corrected chi connectivity index (χ4v) is 2.95. The molecule has 1 atom stereocenters. The van der Waals surface area contributed by atoms with Crippen LogP contribution in [0.5, 0.6) is 0 Å². The monoisotopic (exact) mass is 254 g/mol. The molecule has 0 radical (unpaired) electrons. The van der Waals surface area contributed by atoms with Crippen LogP contribution in [0.2, 0.25) is 0 Å². The van der Waals surface area contributed by atoms with Crippen molar-refractivity contribution in [2.45, 2.75) is 38.8 Å². The third kappa shape index (κ3) is 3.01. The Hall–Kier alpha value is -1.01. The van der Waals surface area contributed by atoms with Gasteiger partial charge >= 0.3 is 0 Å². The van der Waals surface area contributed by atoms with Crippen LogP contribution in [0, 0.1) is 6.92 Å². The van der Waals surface area contributed by atoms with Gasteiger partial charge in [-0.15, -0.1) is 21.5 Å². The van der Waals surface area contributed by atoms with Crippen molar-refractivity contribution < 1.29 is 4.79 Å². The Labute approximate surface area is 105 Å². The van der Waals surface area contributed by atoms with Crippen LogP contribution in [-0.4, -0.2) is 40.6 Å². The van der Waals surface area contributed by atoms with Gasteiger partial charge in [0.05, 0.1) is 12.6 Å². The summed E-state index contributed by atoms with van der Waals surface area (Å²) < 4.78 is 0. The first kappa shape index (κ1) is 12.4. The fraction of sp³-hybridized carbons (Fsp3) is 0.727. The molecule has 17 heavy (non-hydrogen) atoms. The second-order valence-electron chi connectivity index (χ2n) is 4.31. The fourth-order valence-electron chi connectivity index (χ4n) is 2.22. The molecule has 1 aliphatic heterocycles. The maximum absolute atomic E-state index is 11.8. The van der Waals surface area contributed by atoms with E-state index < -0.39 is 0 Å². The molecule has 1 N–H and O–H groups in total. The lowest BCUT2D eigenvalue weighted by molar-refractivity contribution is -0.127. The Bertz CT molecular complexity index is 393. The molecule has 0 aliphatic carbocycles. The van der Waals surface area contributed by atoms with E-state index in [4.69, 9.17) is 0 Å². The van der Waals surface area contributed by atoms with Gasteiger partial charge in [0.25, 0.3) is 0 Å². The Morgan fingerprint density at radius 1 is 1.53 bits per heavy atom. The zero-order valence-corrected chi connectivity index (χ0v) is 11.1. The van der Waals surface area contributed by atoms with Gasteiger partial charge in [-0.05, 0) is 26.3 Å². The van der Waals surface area contributed by atoms with E-state index in [1.807, 2.05) is 6.92 Å². The molecule has 1 amide bonds. The Balaban J connectivity index is 2.03. The first-order valence-corrected chi connectivity index (χ1v) is 6.77. The predicted octanol–water partition coefficient (Wildman–Crippen LogP) is 0.947. The zero-order chi connectivity index (χ0) is 12.3. The van der Waals surface area contributed by atoms with Crippen molar-refractivity contribution in [3.8, 4) is 0 Å². The number of carbonyl (C=O) groups is 1. The molecule has 0 saturated carbocycles. The second kappa shape index (κ2) is 5.55. The number of hydrogen-bond donors (Lipinski definition) is 1. The van der Waals surface area contributed by atoms with E-state index >= 15 is 0 Å². The summed E-state index contributed by atoms with van der Waals surface area (Å²) >= 11 is 1.61. The highest BCUT2D eigenvalue weighted by molar-refractivity contribution is 7.11. The van der Waals surface area contributed by atoms with Gasteiger partial charge in [-0.2, -0.15) is 0 Å². The average Bonchev–Trinajstić information content (AvgIpc) is 2.74. The summed E-state index contributed by atoms with van der Waals surface area (Å²) in [6, 6.07) is -0.00189. The van der Waals surface area contributed by atoms with Gasteiger partial charge in [0.1, 0.15) is 10.0 Å². The molecule has 5 nitrogen and oxygen atoms in total. The molecule has 1 saturated heterocycles. The van der Waals surface area contributed by atoms with Crippen molar-refractivity contribution in [1.82, 2.24) is 20.4 Å². The third-order valence-corrected chi connectivity index (χ3v) is 3.89. The Morgan fingerprint density at radius 2 is 2.35 bits per heavy atom. The van der Waals surface area contributed by atoms with E-state index in [0.29, 0.717) is 0 Å². The van der Waals surface area contributed by atoms with Gasteiger partial charge < -0.3 is 5.32 Å². The van der Waals surface area contributed by atoms with E-state index in [0.717, 1.165) is 42.4 Å². The molecule has 0 aromatic carbocycles. The molecule has 0 spiro atoms. The van der Waals surface area contributed by atoms with Crippen LogP contribution in [0.25, 0.3) is 0 Å². The maximum atomic E-state index is 11.8. The average molecular weight is 254 g/mol. The smallest absolute Gasteiger partial charge is 0.237 e. The molecular formula is C11H18N4OS. The van der Waals surface area contributed by atoms with Gasteiger partial charge in [0.2, 0.25) is 5.91 Å². The summed E-state index contributed by atoms with van der Waals surface area (Å²) in [5, 5.41) is 12.9. The van der Waals surface area contributed by atoms with E-state index in [2.05, 4.69) is 20.4 Å². The van der Waals surface area contributed by atoms with E-state index in [9.17, 15) is 4.79 Å². The minimum atomic E-state index is -0.00189. The van der Waals surface area contributed by atoms with Crippen LogP contribution in [0.3, 0.4) is 0 Å². The van der Waals surface area contributed by atoms with Crippen LogP contribution in [0.15, 0.2) is 0 Å². The summed E-state index contributed by atoms with van der Waals surface area (Å²) in [6.07, 6.45) is 3.23. The van der Waals surface area contributed by atoms with Crippen LogP contribution in [0.1, 0.15) is 29.3 Å². The lowest BCUT2D eigenvalue weighted by atomic mass is 10.0. The number of rotatable bonds is 3. The molecule has 1 aliphatic rings. The number of aromatic nitrogens is 2. The van der Waals surface area contributed by atoms with E-state index in [1.54, 1.807) is 18.4 Å². The number of hydrogen-bond acceptors (Lipinski definition) is 5. The van der Waals surface area contributed by atoms with Crippen molar-refractivity contribution in [2.75, 3.05) is 13.6 Å². The number of amides is 1. The summed E-state index contributed by atoms with van der Waals surface area (Å²) in [4.78, 5) is 14.0. The molecular weight excluding hydrogens is 236 g/mol. The highest BCUT2D eigenvalue weighted by Crippen LogP contribution is 2.21. The molecule has 1 aromatic rings. The maximum Gasteiger partial charge on any atom is 0.237 e. The Kier molecular flexibility index (Phi) is 4.06. The lowest BCUT2D eigenvalue weighted by Gasteiger charge is -2.33. The molecule has 1 aromatic heterocycles. The normalized spacial score (nSPS) is 21.4. The highest BCUT2D eigenvalue weighted by Gasteiger charge is 2.28. The number of likely N-dealkylation sites (tertiary alicyclic amines) is 1. The topological polar surface area (TPSA) is 58.1 Å². The first-order valence-electron chi connectivity index (χ1n) is 5.95. The molecule has 0 bridgehead atoms. The minimum Gasteiger partial charge on any atom is -0.358 e. The van der Waals surface area contributed by atoms with Crippen molar-refractivity contribution in [1.29, 1.82) is 0 Å². The van der Waals surface area contributed by atoms with Gasteiger partial charge in [-0.3, -0.25) is 9.69 Å². The molecule has 0 unspecified atom stereocenters. The van der Waals surface area contributed by atoms with Gasteiger partial charge in [0.15, 0.2) is 0 Å². The molecule has 94 valence electrons. The van der Waals surface area contributed by atoms with Crippen LogP contribution in [-0.2, 0) is 11.3 Å². The number of carbonyl (C=O) groups excluding carboxylic acids is 1. The molecule has 6 heteroatoms. The summed E-state index contributed by atoms with van der Waals surface area (Å²) in [7, 11) is 1.70. The van der Waals surface area contributed by atoms with Gasteiger partial charge in [-0.1, -0.05) is 6.42 Å². The van der Waals surface area contributed by atoms with Crippen molar-refractivity contribution in [2.24, 2.45) is 0 Å². The van der Waals surface area contributed by atoms with E-state index in [-0.39, 0.29) is 11.9 Å². The number of aryl methyl sites for hydroxylation is 1. The largest absolute Gasteiger partial charge is 0.358 e. The minimum absolute atomic E-state index is 0.00189. The van der Waals surface area contributed by atoms with Crippen molar-refractivity contribution >= 4 is 17.2 Å². The van der Waals surface area contributed by atoms with Crippen molar-refractivity contribution in [3.63, 3.8) is 0 Å². The second-order valence-corrected chi connectivity index (χ2v) is 5.58. The number of nitrogens with one attached hydrogen (secondary N) is 1. The molecule has 2 rings (SSSR count). The quantitative estimate of drug-likeness (QED) is 0.872. The van der Waals surface area contributed by atoms with Gasteiger partial charge in [-0.25, -0.2) is 0 Å². The number of nitrogens with zero attached hydrogens (tertiary/aromatic N) is 3. The summed E-state index contributed by atoms with van der Waals surface area (Å²) in [6.45, 7) is 3.66. The SMILES string of the molecule is CNC(=O)[C@@H]1CCCCN1Cc1nnc(C)s1. The third-order valence-electron chi connectivity index (χ3n) is 3.07. The predicted molar refractivity (Wildman–Crippen MR) is 66.8 cm³/mol. The van der Waals surface area contributed by atoms with Crippen LogP contribution in [0.4, 0.5) is 0 Å². The summed E-state index contributed by atoms with van der Waals surface area (Å²) in [5.41, 5.74) is 0. The molecule has 2 heterocycles. The number of piperidine rings is 1. The van der Waals surface area contributed by atoms with Gasteiger partial charge in [0, 0.05) is 7.05 Å². The standard InChI is InChI=1S/C11H18N4OS/c1-8-13-14-10(17-8)7-15-6-4-3-5-9(15)11(16)12-2/h9H,3-7H2,1-2H3,(H,12,16)/t9-/m0/s1. The Morgan fingerprint density at radius 3 is 3.00 bits per heavy atom. The highest BCUT2D eigenvalue weighted by atomic mass is 32.1. The van der Waals surface area contributed by atoms with Crippen LogP contribution < -0.4 is 5.32 Å². The summed E-state index contributed by atoms with van der Waals surface area (Å²) in [5.74, 6) is 0.117. The van der Waals surface area contributed by atoms with E-state index in [1.165, 1.54) is 0 Å². The zero-order valence-electron chi connectivity index (χ0n) is 10.3. The van der Waals surface area contributed by atoms with Crippen LogP contribution >= 0.6 is 11.3 Å². The first-order chi connectivity index (χ1) is 8.20. The lowest BCUT2D eigenvalue weighted by Crippen LogP contribution is -2.48. The van der Waals surface area contributed by atoms with Crippen molar-refractivity contribution in [3.05, 3.63) is 10.0 Å². The molecule has 1 fully saturated rings.